The number of hydrogen-bond acceptors (Lipinski definition) is 5. The van der Waals surface area contributed by atoms with E-state index in [4.69, 9.17) is 18.0 Å². The van der Waals surface area contributed by atoms with E-state index in [-0.39, 0.29) is 0 Å². The first-order valence-corrected chi connectivity index (χ1v) is 6.29. The summed E-state index contributed by atoms with van der Waals surface area (Å²) in [5, 5.41) is 8.01. The Bertz CT molecular complexity index is 363. The van der Waals surface area contributed by atoms with E-state index in [0.717, 1.165) is 36.0 Å². The van der Waals surface area contributed by atoms with Crippen LogP contribution in [0.5, 0.6) is 0 Å². The lowest BCUT2D eigenvalue weighted by molar-refractivity contribution is 0.817. The van der Waals surface area contributed by atoms with E-state index >= 15 is 0 Å². The fourth-order valence-electron chi connectivity index (χ4n) is 1.53. The van der Waals surface area contributed by atoms with Gasteiger partial charge in [0.25, 0.3) is 0 Å². The van der Waals surface area contributed by atoms with E-state index in [0.29, 0.717) is 4.99 Å². The Morgan fingerprint density at radius 3 is 2.87 bits per heavy atom. The van der Waals surface area contributed by atoms with E-state index in [1.165, 1.54) is 0 Å². The number of thiocarbonyl (C=S) groups is 1. The van der Waals surface area contributed by atoms with Crippen molar-refractivity contribution in [2.24, 2.45) is 5.73 Å². The maximum absolute atomic E-state index is 5.65. The monoisotopic (exact) mass is 240 g/mol. The van der Waals surface area contributed by atoms with Crippen LogP contribution < -0.4 is 10.6 Å². The molecule has 15 heavy (non-hydrogen) atoms. The summed E-state index contributed by atoms with van der Waals surface area (Å²) in [6.07, 6.45) is 1.62. The molecule has 0 amide bonds. The number of nitrogens with zero attached hydrogens (tertiary/aromatic N) is 3. The van der Waals surface area contributed by atoms with Gasteiger partial charge in [0.15, 0.2) is 5.82 Å². The summed E-state index contributed by atoms with van der Waals surface area (Å²) in [6, 6.07) is 1.83. The quantitative estimate of drug-likeness (QED) is 0.767. The maximum Gasteiger partial charge on any atom is 0.161 e. The van der Waals surface area contributed by atoms with E-state index in [2.05, 4.69) is 15.1 Å². The molecule has 0 spiro atoms. The van der Waals surface area contributed by atoms with Crippen molar-refractivity contribution in [3.8, 4) is 0 Å². The van der Waals surface area contributed by atoms with Crippen molar-refractivity contribution < 1.29 is 0 Å². The van der Waals surface area contributed by atoms with Gasteiger partial charge in [0, 0.05) is 24.6 Å². The van der Waals surface area contributed by atoms with Crippen LogP contribution in [0.15, 0.2) is 12.3 Å². The molecule has 2 N–H and O–H groups in total. The summed E-state index contributed by atoms with van der Waals surface area (Å²) >= 11 is 6.95. The zero-order chi connectivity index (χ0) is 10.7. The largest absolute Gasteiger partial charge is 0.389 e. The molecule has 0 bridgehead atoms. The van der Waals surface area contributed by atoms with Gasteiger partial charge in [0.1, 0.15) is 4.99 Å². The summed E-state index contributed by atoms with van der Waals surface area (Å²) in [7, 11) is 0. The fraction of sp³-hybridized carbons (Fsp3) is 0.444. The first-order valence-electron chi connectivity index (χ1n) is 4.73. The molecule has 0 aromatic carbocycles. The van der Waals surface area contributed by atoms with Gasteiger partial charge in [0.05, 0.1) is 11.8 Å². The standard InChI is InChI=1S/C9H12N4S2/c10-8(14)7-1-2-11-12-9(7)13-3-5-15-6-4-13/h1-2H,3-6H2,(H2,10,14). The Kier molecular flexibility index (Phi) is 3.37. The second-order valence-electron chi connectivity index (χ2n) is 3.23. The van der Waals surface area contributed by atoms with Gasteiger partial charge in [-0.2, -0.15) is 16.9 Å². The smallest absolute Gasteiger partial charge is 0.161 e. The molecule has 0 aliphatic carbocycles. The molecular formula is C9H12N4S2. The molecule has 0 radical (unpaired) electrons. The van der Waals surface area contributed by atoms with Crippen molar-refractivity contribution in [2.75, 3.05) is 29.5 Å². The normalized spacial score (nSPS) is 16.4. The van der Waals surface area contributed by atoms with Crippen LogP contribution in [-0.2, 0) is 0 Å². The Morgan fingerprint density at radius 2 is 2.20 bits per heavy atom. The molecule has 0 saturated carbocycles. The summed E-state index contributed by atoms with van der Waals surface area (Å²) < 4.78 is 0. The average molecular weight is 240 g/mol. The zero-order valence-corrected chi connectivity index (χ0v) is 9.85. The SMILES string of the molecule is NC(=S)c1ccnnc1N1CCSCC1. The second kappa shape index (κ2) is 4.76. The van der Waals surface area contributed by atoms with Crippen LogP contribution in [0.4, 0.5) is 5.82 Å². The highest BCUT2D eigenvalue weighted by atomic mass is 32.2. The van der Waals surface area contributed by atoms with Crippen LogP contribution >= 0.6 is 24.0 Å². The first kappa shape index (κ1) is 10.6. The predicted octanol–water partition coefficient (Wildman–Crippen LogP) is 0.664. The van der Waals surface area contributed by atoms with Crippen LogP contribution in [0.3, 0.4) is 0 Å². The minimum Gasteiger partial charge on any atom is -0.389 e. The van der Waals surface area contributed by atoms with Crippen molar-refractivity contribution in [1.29, 1.82) is 0 Å². The zero-order valence-electron chi connectivity index (χ0n) is 8.22. The second-order valence-corrected chi connectivity index (χ2v) is 4.90. The molecule has 1 aliphatic rings. The number of thioether (sulfide) groups is 1. The van der Waals surface area contributed by atoms with Gasteiger partial charge in [-0.25, -0.2) is 0 Å². The summed E-state index contributed by atoms with van der Waals surface area (Å²) in [5.41, 5.74) is 6.48. The van der Waals surface area contributed by atoms with E-state index in [1.807, 2.05) is 17.8 Å². The van der Waals surface area contributed by atoms with Crippen molar-refractivity contribution >= 4 is 34.8 Å². The van der Waals surface area contributed by atoms with Crippen LogP contribution in [-0.4, -0.2) is 39.8 Å². The Balaban J connectivity index is 2.29. The average Bonchev–Trinajstić information content (AvgIpc) is 2.30. The van der Waals surface area contributed by atoms with Gasteiger partial charge in [-0.1, -0.05) is 12.2 Å². The third kappa shape index (κ3) is 2.38. The lowest BCUT2D eigenvalue weighted by Gasteiger charge is -2.28. The van der Waals surface area contributed by atoms with Crippen molar-refractivity contribution in [3.05, 3.63) is 17.8 Å². The number of aromatic nitrogens is 2. The third-order valence-electron chi connectivity index (χ3n) is 2.28. The topological polar surface area (TPSA) is 55.0 Å². The third-order valence-corrected chi connectivity index (χ3v) is 3.44. The summed E-state index contributed by atoms with van der Waals surface area (Å²) in [4.78, 5) is 2.58. The summed E-state index contributed by atoms with van der Waals surface area (Å²) in [5.74, 6) is 3.06. The van der Waals surface area contributed by atoms with E-state index in [1.54, 1.807) is 6.20 Å². The Morgan fingerprint density at radius 1 is 1.47 bits per heavy atom. The van der Waals surface area contributed by atoms with Crippen molar-refractivity contribution in [3.63, 3.8) is 0 Å². The molecular weight excluding hydrogens is 228 g/mol. The molecule has 1 fully saturated rings. The molecule has 4 nitrogen and oxygen atoms in total. The highest BCUT2D eigenvalue weighted by Gasteiger charge is 2.17. The van der Waals surface area contributed by atoms with Crippen LogP contribution in [0.2, 0.25) is 0 Å². The Hall–Kier alpha value is -0.880. The van der Waals surface area contributed by atoms with Gasteiger partial charge in [-0.3, -0.25) is 0 Å². The lowest BCUT2D eigenvalue weighted by atomic mass is 10.2. The van der Waals surface area contributed by atoms with Crippen molar-refractivity contribution in [2.45, 2.75) is 0 Å². The minimum absolute atomic E-state index is 0.387. The first-order chi connectivity index (χ1) is 7.29. The maximum atomic E-state index is 5.65. The van der Waals surface area contributed by atoms with Crippen LogP contribution in [0.25, 0.3) is 0 Å². The van der Waals surface area contributed by atoms with Crippen LogP contribution in [0, 0.1) is 0 Å². The molecule has 6 heteroatoms. The highest BCUT2D eigenvalue weighted by Crippen LogP contribution is 2.20. The number of anilines is 1. The number of hydrogen-bond donors (Lipinski definition) is 1. The fourth-order valence-corrected chi connectivity index (χ4v) is 2.59. The lowest BCUT2D eigenvalue weighted by Crippen LogP contribution is -2.35. The summed E-state index contributed by atoms with van der Waals surface area (Å²) in [6.45, 7) is 1.97. The van der Waals surface area contributed by atoms with Gasteiger partial charge in [-0.15, -0.1) is 5.10 Å². The van der Waals surface area contributed by atoms with Crippen LogP contribution in [0.1, 0.15) is 5.56 Å². The molecule has 1 aromatic heterocycles. The molecule has 0 atom stereocenters. The van der Waals surface area contributed by atoms with Crippen molar-refractivity contribution in [1.82, 2.24) is 10.2 Å². The molecule has 1 aromatic rings. The Labute approximate surface area is 98.2 Å². The van der Waals surface area contributed by atoms with E-state index < -0.39 is 0 Å². The van der Waals surface area contributed by atoms with Gasteiger partial charge >= 0.3 is 0 Å². The molecule has 1 aliphatic heterocycles. The molecule has 80 valence electrons. The molecule has 0 unspecified atom stereocenters. The highest BCUT2D eigenvalue weighted by molar-refractivity contribution is 7.99. The molecule has 1 saturated heterocycles. The number of nitrogens with two attached hydrogens (primary N) is 1. The van der Waals surface area contributed by atoms with Gasteiger partial charge in [-0.05, 0) is 6.07 Å². The number of rotatable bonds is 2. The molecule has 2 rings (SSSR count). The predicted molar refractivity (Wildman–Crippen MR) is 67.5 cm³/mol. The van der Waals surface area contributed by atoms with E-state index in [9.17, 15) is 0 Å². The van der Waals surface area contributed by atoms with Gasteiger partial charge in [0.2, 0.25) is 0 Å². The minimum atomic E-state index is 0.387. The van der Waals surface area contributed by atoms with Gasteiger partial charge < -0.3 is 10.6 Å². The molecule has 2 heterocycles.